The predicted molar refractivity (Wildman–Crippen MR) is 133 cm³/mol. The van der Waals surface area contributed by atoms with E-state index < -0.39 is 16.1 Å². The van der Waals surface area contributed by atoms with Crippen molar-refractivity contribution in [3.63, 3.8) is 0 Å². The molecule has 7 nitrogen and oxygen atoms in total. The molecular formula is C25H32ClN3O4S. The molecule has 2 amide bonds. The van der Waals surface area contributed by atoms with Crippen molar-refractivity contribution in [2.24, 2.45) is 11.8 Å². The SMILES string of the molecule is Cc1ccc(S(=O)(=O)N2CCC(C(=O)NC(C(=O)NCc3ccc(Cl)cc3)C(C)C)CC2)cc1. The zero-order chi connectivity index (χ0) is 24.9. The molecule has 0 aliphatic carbocycles. The maximum absolute atomic E-state index is 12.9. The Kier molecular flexibility index (Phi) is 8.73. The molecule has 1 unspecified atom stereocenters. The zero-order valence-corrected chi connectivity index (χ0v) is 21.3. The Morgan fingerprint density at radius 2 is 1.62 bits per heavy atom. The predicted octanol–water partition coefficient (Wildman–Crippen LogP) is 3.51. The number of carbonyl (C=O) groups is 2. The number of benzene rings is 2. The van der Waals surface area contributed by atoms with Gasteiger partial charge in [0, 0.05) is 30.6 Å². The fraction of sp³-hybridized carbons (Fsp3) is 0.440. The molecule has 2 aromatic rings. The number of aryl methyl sites for hydroxylation is 1. The molecule has 0 radical (unpaired) electrons. The number of hydrogen-bond donors (Lipinski definition) is 2. The minimum Gasteiger partial charge on any atom is -0.350 e. The number of nitrogens with zero attached hydrogens (tertiary/aromatic N) is 1. The molecule has 34 heavy (non-hydrogen) atoms. The maximum atomic E-state index is 12.9. The van der Waals surface area contributed by atoms with Crippen LogP contribution >= 0.6 is 11.6 Å². The van der Waals surface area contributed by atoms with Crippen molar-refractivity contribution < 1.29 is 18.0 Å². The summed E-state index contributed by atoms with van der Waals surface area (Å²) in [6, 6.07) is 13.3. The van der Waals surface area contributed by atoms with Crippen LogP contribution in [-0.4, -0.2) is 43.7 Å². The average molecular weight is 506 g/mol. The highest BCUT2D eigenvalue weighted by atomic mass is 35.5. The Morgan fingerprint density at radius 1 is 1.03 bits per heavy atom. The molecule has 0 aromatic heterocycles. The van der Waals surface area contributed by atoms with Gasteiger partial charge in [0.25, 0.3) is 0 Å². The van der Waals surface area contributed by atoms with Crippen LogP contribution in [0, 0.1) is 18.8 Å². The van der Waals surface area contributed by atoms with Gasteiger partial charge in [0.2, 0.25) is 21.8 Å². The number of amides is 2. The lowest BCUT2D eigenvalue weighted by Crippen LogP contribution is -2.52. The third-order valence-corrected chi connectivity index (χ3v) is 8.28. The molecule has 2 N–H and O–H groups in total. The molecule has 1 fully saturated rings. The summed E-state index contributed by atoms with van der Waals surface area (Å²) in [5, 5.41) is 6.38. The monoisotopic (exact) mass is 505 g/mol. The number of sulfonamides is 1. The standard InChI is InChI=1S/C25H32ClN3O4S/c1-17(2)23(25(31)27-16-19-6-8-21(26)9-7-19)28-24(30)20-12-14-29(15-13-20)34(32,33)22-10-4-18(3)5-11-22/h4-11,17,20,23H,12-16H2,1-3H3,(H,27,31)(H,28,30). The van der Waals surface area contributed by atoms with Crippen molar-refractivity contribution in [3.05, 3.63) is 64.7 Å². The van der Waals surface area contributed by atoms with Crippen molar-refractivity contribution in [3.8, 4) is 0 Å². The van der Waals surface area contributed by atoms with Crippen LogP contribution in [0.1, 0.15) is 37.8 Å². The minimum absolute atomic E-state index is 0.101. The molecule has 184 valence electrons. The minimum atomic E-state index is -3.59. The van der Waals surface area contributed by atoms with Crippen LogP contribution in [0.2, 0.25) is 5.02 Å². The van der Waals surface area contributed by atoms with E-state index in [0.29, 0.717) is 24.4 Å². The number of hydrogen-bond acceptors (Lipinski definition) is 4. The van der Waals surface area contributed by atoms with Gasteiger partial charge in [-0.15, -0.1) is 0 Å². The molecule has 0 bridgehead atoms. The Labute approximate surface area is 206 Å². The lowest BCUT2D eigenvalue weighted by molar-refractivity contribution is -0.132. The highest BCUT2D eigenvalue weighted by Crippen LogP contribution is 2.24. The summed E-state index contributed by atoms with van der Waals surface area (Å²) < 4.78 is 27.2. The van der Waals surface area contributed by atoms with Gasteiger partial charge in [0.05, 0.1) is 4.90 Å². The van der Waals surface area contributed by atoms with Crippen LogP contribution in [0.5, 0.6) is 0 Å². The lowest BCUT2D eigenvalue weighted by Gasteiger charge is -2.32. The largest absolute Gasteiger partial charge is 0.350 e. The second kappa shape index (κ2) is 11.3. The highest BCUT2D eigenvalue weighted by Gasteiger charge is 2.34. The van der Waals surface area contributed by atoms with E-state index in [1.54, 1.807) is 36.4 Å². The molecule has 1 saturated heterocycles. The summed E-state index contributed by atoms with van der Waals surface area (Å²) in [7, 11) is -3.59. The van der Waals surface area contributed by atoms with Crippen LogP contribution < -0.4 is 10.6 Å². The van der Waals surface area contributed by atoms with Gasteiger partial charge in [-0.05, 0) is 55.5 Å². The van der Waals surface area contributed by atoms with Crippen LogP contribution in [0.25, 0.3) is 0 Å². The van der Waals surface area contributed by atoms with Crippen LogP contribution in [0.3, 0.4) is 0 Å². The van der Waals surface area contributed by atoms with Gasteiger partial charge in [-0.3, -0.25) is 9.59 Å². The highest BCUT2D eigenvalue weighted by molar-refractivity contribution is 7.89. The zero-order valence-electron chi connectivity index (χ0n) is 19.8. The summed E-state index contributed by atoms with van der Waals surface area (Å²) >= 11 is 5.90. The smallest absolute Gasteiger partial charge is 0.243 e. The van der Waals surface area contributed by atoms with Crippen molar-refractivity contribution in [2.75, 3.05) is 13.1 Å². The molecule has 1 aliphatic rings. The number of halogens is 1. The van der Waals surface area contributed by atoms with Gasteiger partial charge < -0.3 is 10.6 Å². The van der Waals surface area contributed by atoms with Crippen LogP contribution in [-0.2, 0) is 26.2 Å². The van der Waals surface area contributed by atoms with Crippen LogP contribution in [0.4, 0.5) is 0 Å². The summed E-state index contributed by atoms with van der Waals surface area (Å²) in [6.07, 6.45) is 0.822. The molecule has 2 aromatic carbocycles. The first-order chi connectivity index (χ1) is 16.1. The fourth-order valence-electron chi connectivity index (χ4n) is 3.93. The van der Waals surface area contributed by atoms with Gasteiger partial charge >= 0.3 is 0 Å². The average Bonchev–Trinajstić information content (AvgIpc) is 2.82. The first kappa shape index (κ1) is 26.2. The molecule has 1 heterocycles. The number of rotatable bonds is 8. The van der Waals surface area contributed by atoms with E-state index in [1.807, 2.05) is 32.9 Å². The molecule has 1 atom stereocenters. The van der Waals surface area contributed by atoms with Crippen molar-refractivity contribution in [1.29, 1.82) is 0 Å². The number of nitrogens with one attached hydrogen (secondary N) is 2. The molecular weight excluding hydrogens is 474 g/mol. The Balaban J connectivity index is 1.55. The van der Waals surface area contributed by atoms with E-state index in [-0.39, 0.29) is 41.6 Å². The normalized spacial score (nSPS) is 16.3. The first-order valence-electron chi connectivity index (χ1n) is 11.5. The topological polar surface area (TPSA) is 95.6 Å². The number of piperidine rings is 1. The summed E-state index contributed by atoms with van der Waals surface area (Å²) in [6.45, 7) is 6.53. The van der Waals surface area contributed by atoms with Gasteiger partial charge in [-0.1, -0.05) is 55.3 Å². The fourth-order valence-corrected chi connectivity index (χ4v) is 5.52. The maximum Gasteiger partial charge on any atom is 0.243 e. The summed E-state index contributed by atoms with van der Waals surface area (Å²) in [5.41, 5.74) is 1.90. The van der Waals surface area contributed by atoms with Crippen LogP contribution in [0.15, 0.2) is 53.4 Å². The second-order valence-corrected chi connectivity index (χ2v) is 11.4. The molecule has 9 heteroatoms. The first-order valence-corrected chi connectivity index (χ1v) is 13.3. The van der Waals surface area contributed by atoms with Crippen molar-refractivity contribution >= 4 is 33.4 Å². The molecule has 1 aliphatic heterocycles. The van der Waals surface area contributed by atoms with E-state index in [2.05, 4.69) is 10.6 Å². The van der Waals surface area contributed by atoms with Gasteiger partial charge in [0.1, 0.15) is 6.04 Å². The Bertz CT molecular complexity index is 1090. The van der Waals surface area contributed by atoms with Crippen molar-refractivity contribution in [2.45, 2.75) is 51.1 Å². The van der Waals surface area contributed by atoms with E-state index in [9.17, 15) is 18.0 Å². The lowest BCUT2D eigenvalue weighted by atomic mass is 9.95. The third kappa shape index (κ3) is 6.58. The van der Waals surface area contributed by atoms with Crippen molar-refractivity contribution in [1.82, 2.24) is 14.9 Å². The summed E-state index contributed by atoms with van der Waals surface area (Å²) in [5.74, 6) is -0.906. The van der Waals surface area contributed by atoms with E-state index >= 15 is 0 Å². The Morgan fingerprint density at radius 3 is 2.18 bits per heavy atom. The van der Waals surface area contributed by atoms with E-state index in [4.69, 9.17) is 11.6 Å². The molecule has 0 saturated carbocycles. The van der Waals surface area contributed by atoms with E-state index in [1.165, 1.54) is 4.31 Å². The van der Waals surface area contributed by atoms with E-state index in [0.717, 1.165) is 11.1 Å². The van der Waals surface area contributed by atoms with Gasteiger partial charge in [0.15, 0.2) is 0 Å². The quantitative estimate of drug-likeness (QED) is 0.574. The molecule has 0 spiro atoms. The summed E-state index contributed by atoms with van der Waals surface area (Å²) in [4.78, 5) is 25.9. The van der Waals surface area contributed by atoms with Gasteiger partial charge in [-0.2, -0.15) is 4.31 Å². The third-order valence-electron chi connectivity index (χ3n) is 6.11. The number of carbonyl (C=O) groups excluding carboxylic acids is 2. The Hall–Kier alpha value is -2.42. The second-order valence-electron chi connectivity index (χ2n) is 9.07. The van der Waals surface area contributed by atoms with Gasteiger partial charge in [-0.25, -0.2) is 8.42 Å². The molecule has 3 rings (SSSR count).